The molecule has 1 aliphatic carbocycles. The van der Waals surface area contributed by atoms with E-state index in [2.05, 4.69) is 46.3 Å². The summed E-state index contributed by atoms with van der Waals surface area (Å²) >= 11 is 0. The van der Waals surface area contributed by atoms with Gasteiger partial charge in [0.25, 0.3) is 0 Å². The van der Waals surface area contributed by atoms with Crippen molar-refractivity contribution in [3.05, 3.63) is 48.6 Å². The minimum atomic E-state index is -4.69. The molecule has 0 amide bonds. The van der Waals surface area contributed by atoms with Gasteiger partial charge in [-0.1, -0.05) is 0 Å². The van der Waals surface area contributed by atoms with Gasteiger partial charge in [-0.15, -0.1) is 0 Å². The number of nitriles is 1. The summed E-state index contributed by atoms with van der Waals surface area (Å²) in [6, 6.07) is 5.85. The van der Waals surface area contributed by atoms with Crippen molar-refractivity contribution in [3.63, 3.8) is 0 Å². The van der Waals surface area contributed by atoms with Gasteiger partial charge in [-0.3, -0.25) is 4.68 Å². The molecule has 0 bridgehead atoms. The van der Waals surface area contributed by atoms with E-state index in [9.17, 15) is 23.5 Å². The van der Waals surface area contributed by atoms with Crippen molar-refractivity contribution in [1.29, 1.82) is 5.26 Å². The molecule has 1 aliphatic heterocycles. The summed E-state index contributed by atoms with van der Waals surface area (Å²) in [7, 11) is 0. The summed E-state index contributed by atoms with van der Waals surface area (Å²) in [6.07, 6.45) is 5.74. The summed E-state index contributed by atoms with van der Waals surface area (Å²) in [4.78, 5) is 21.2. The van der Waals surface area contributed by atoms with E-state index in [-0.39, 0.29) is 23.6 Å². The monoisotopic (exact) mass is 552 g/mol. The van der Waals surface area contributed by atoms with Gasteiger partial charge in [0.15, 0.2) is 0 Å². The highest BCUT2D eigenvalue weighted by Crippen LogP contribution is 2.45. The van der Waals surface area contributed by atoms with Crippen LogP contribution in [0.5, 0.6) is 0 Å². The second-order valence-corrected chi connectivity index (χ2v) is 10.4. The Balaban J connectivity index is 1.09. The number of hydrogen-bond donors (Lipinski definition) is 3. The molecule has 6 rings (SSSR count). The summed E-state index contributed by atoms with van der Waals surface area (Å²) in [5.74, 6) is -1.20. The number of aliphatic hydroxyl groups excluding tert-OH is 1. The van der Waals surface area contributed by atoms with E-state index >= 15 is 0 Å². The molecule has 2 fully saturated rings. The Bertz CT molecular complexity index is 1540. The Morgan fingerprint density at radius 3 is 2.73 bits per heavy atom. The SMILES string of the molecule is N#CC[C@]1(n2cc(-c3ncnc4[nH]ccc34)cn2)C[C@@H](N2CCC(Nc3cc(CO)nc(C(F)(F)F)n3)CC2)C1. The Morgan fingerprint density at radius 2 is 2.00 bits per heavy atom. The van der Waals surface area contributed by atoms with Crippen LogP contribution in [0.25, 0.3) is 22.3 Å². The standard InChI is InChI=1S/C26H27F3N10O/c27-26(28,29)24-36-18(14-40)9-21(37-24)35-17-2-7-38(8-3-17)19-10-25(11-19,4-5-30)39-13-16(12-34-39)22-20-1-6-31-23(20)33-15-32-22/h1,6,9,12-13,15,17,19,40H,2-4,7-8,10-11,14H2,(H,31,32,33)(H,35,36,37)/t19-,25+. The van der Waals surface area contributed by atoms with Crippen molar-refractivity contribution in [2.75, 3.05) is 18.4 Å². The van der Waals surface area contributed by atoms with Gasteiger partial charge in [0.05, 0.1) is 42.2 Å². The number of aromatic nitrogens is 7. The second-order valence-electron chi connectivity index (χ2n) is 10.4. The lowest BCUT2D eigenvalue weighted by molar-refractivity contribution is -0.145. The first-order chi connectivity index (χ1) is 19.3. The summed E-state index contributed by atoms with van der Waals surface area (Å²) < 4.78 is 41.4. The molecule has 14 heteroatoms. The van der Waals surface area contributed by atoms with Crippen molar-refractivity contribution < 1.29 is 18.3 Å². The van der Waals surface area contributed by atoms with E-state index in [4.69, 9.17) is 0 Å². The van der Waals surface area contributed by atoms with Crippen LogP contribution in [0.15, 0.2) is 37.1 Å². The fourth-order valence-electron chi connectivity index (χ4n) is 5.84. The Hall–Kier alpha value is -4.09. The largest absolute Gasteiger partial charge is 0.451 e. The first-order valence-electron chi connectivity index (χ1n) is 13.1. The van der Waals surface area contributed by atoms with Crippen LogP contribution < -0.4 is 5.32 Å². The molecule has 11 nitrogen and oxygen atoms in total. The van der Waals surface area contributed by atoms with Gasteiger partial charge < -0.3 is 20.3 Å². The highest BCUT2D eigenvalue weighted by molar-refractivity contribution is 5.90. The lowest BCUT2D eigenvalue weighted by atomic mass is 9.69. The number of aliphatic hydroxyl groups is 1. The topological polar surface area (TPSA) is 144 Å². The Kier molecular flexibility index (Phi) is 6.63. The highest BCUT2D eigenvalue weighted by Gasteiger charge is 2.49. The van der Waals surface area contributed by atoms with E-state index in [1.54, 1.807) is 6.20 Å². The number of piperidine rings is 1. The fourth-order valence-corrected chi connectivity index (χ4v) is 5.84. The summed E-state index contributed by atoms with van der Waals surface area (Å²) in [6.45, 7) is 0.940. The molecule has 40 heavy (non-hydrogen) atoms. The first-order valence-corrected chi connectivity index (χ1v) is 13.1. The van der Waals surface area contributed by atoms with E-state index in [1.807, 2.05) is 23.1 Å². The predicted molar refractivity (Wildman–Crippen MR) is 138 cm³/mol. The van der Waals surface area contributed by atoms with Crippen LogP contribution in [0.3, 0.4) is 0 Å². The zero-order chi connectivity index (χ0) is 27.9. The Morgan fingerprint density at radius 1 is 1.20 bits per heavy atom. The molecule has 0 radical (unpaired) electrons. The fraction of sp³-hybridized carbons (Fsp3) is 0.462. The minimum absolute atomic E-state index is 0.0467. The molecule has 5 heterocycles. The van der Waals surface area contributed by atoms with Crippen LogP contribution in [0.2, 0.25) is 0 Å². The third-order valence-electron chi connectivity index (χ3n) is 7.93. The molecular formula is C26H27F3N10O. The number of hydrogen-bond acceptors (Lipinski definition) is 9. The van der Waals surface area contributed by atoms with Crippen molar-refractivity contribution in [2.45, 2.75) is 62.5 Å². The van der Waals surface area contributed by atoms with E-state index in [0.717, 1.165) is 61.1 Å². The first kappa shape index (κ1) is 26.1. The molecule has 4 aromatic heterocycles. The molecule has 0 unspecified atom stereocenters. The average Bonchev–Trinajstić information content (AvgIpc) is 3.61. The number of aromatic amines is 1. The van der Waals surface area contributed by atoms with Crippen molar-refractivity contribution in [1.82, 2.24) is 39.6 Å². The van der Waals surface area contributed by atoms with E-state index in [0.29, 0.717) is 6.42 Å². The van der Waals surface area contributed by atoms with Crippen LogP contribution in [0.1, 0.15) is 43.6 Å². The quantitative estimate of drug-likeness (QED) is 0.314. The molecule has 208 valence electrons. The molecule has 0 spiro atoms. The third-order valence-corrected chi connectivity index (χ3v) is 7.93. The van der Waals surface area contributed by atoms with Crippen molar-refractivity contribution in [3.8, 4) is 17.3 Å². The number of H-pyrrole nitrogens is 1. The van der Waals surface area contributed by atoms with Crippen LogP contribution in [0, 0.1) is 11.3 Å². The number of nitrogens with one attached hydrogen (secondary N) is 2. The van der Waals surface area contributed by atoms with Crippen LogP contribution in [-0.2, 0) is 18.3 Å². The molecule has 2 aliphatic rings. The number of halogens is 3. The van der Waals surface area contributed by atoms with Crippen molar-refractivity contribution >= 4 is 16.9 Å². The van der Waals surface area contributed by atoms with Gasteiger partial charge in [-0.05, 0) is 31.7 Å². The second kappa shape index (κ2) is 10.1. The van der Waals surface area contributed by atoms with Gasteiger partial charge in [-0.2, -0.15) is 23.5 Å². The molecular weight excluding hydrogens is 525 g/mol. The number of likely N-dealkylation sites (tertiary alicyclic amines) is 1. The van der Waals surface area contributed by atoms with Gasteiger partial charge >= 0.3 is 6.18 Å². The number of rotatable bonds is 7. The third kappa shape index (κ3) is 4.86. The predicted octanol–water partition coefficient (Wildman–Crippen LogP) is 3.47. The Labute approximate surface area is 227 Å². The van der Waals surface area contributed by atoms with Crippen LogP contribution in [0.4, 0.5) is 19.0 Å². The summed E-state index contributed by atoms with van der Waals surface area (Å²) in [5, 5.41) is 27.6. The molecule has 1 saturated heterocycles. The minimum Gasteiger partial charge on any atom is -0.390 e. The number of anilines is 1. The van der Waals surface area contributed by atoms with E-state index in [1.165, 1.54) is 12.4 Å². The maximum absolute atomic E-state index is 13.2. The maximum Gasteiger partial charge on any atom is 0.451 e. The molecule has 0 aromatic carbocycles. The van der Waals surface area contributed by atoms with Gasteiger partial charge in [0, 0.05) is 54.6 Å². The van der Waals surface area contributed by atoms with Gasteiger partial charge in [-0.25, -0.2) is 19.9 Å². The highest BCUT2D eigenvalue weighted by atomic mass is 19.4. The number of nitrogens with zero attached hydrogens (tertiary/aromatic N) is 8. The molecule has 0 atom stereocenters. The van der Waals surface area contributed by atoms with Gasteiger partial charge in [0.2, 0.25) is 5.82 Å². The molecule has 1 saturated carbocycles. The van der Waals surface area contributed by atoms with Crippen molar-refractivity contribution in [2.24, 2.45) is 0 Å². The normalized spacial score (nSPS) is 22.2. The lowest BCUT2D eigenvalue weighted by Crippen LogP contribution is -2.58. The van der Waals surface area contributed by atoms with Crippen LogP contribution >= 0.6 is 0 Å². The lowest BCUT2D eigenvalue weighted by Gasteiger charge is -2.52. The molecule has 3 N–H and O–H groups in total. The van der Waals surface area contributed by atoms with E-state index < -0.39 is 24.1 Å². The maximum atomic E-state index is 13.2. The average molecular weight is 553 g/mol. The zero-order valence-electron chi connectivity index (χ0n) is 21.4. The number of fused-ring (bicyclic) bond motifs is 1. The van der Waals surface area contributed by atoms with Crippen LogP contribution in [-0.4, -0.2) is 69.9 Å². The zero-order valence-corrected chi connectivity index (χ0v) is 21.4. The number of alkyl halides is 3. The van der Waals surface area contributed by atoms with Gasteiger partial charge in [0.1, 0.15) is 17.8 Å². The smallest absolute Gasteiger partial charge is 0.390 e. The summed E-state index contributed by atoms with van der Waals surface area (Å²) in [5.41, 5.74) is 1.92. The molecule has 4 aromatic rings.